The summed E-state index contributed by atoms with van der Waals surface area (Å²) in [7, 11) is 1.62. The third-order valence-electron chi connectivity index (χ3n) is 5.35. The van der Waals surface area contributed by atoms with Crippen LogP contribution >= 0.6 is 23.2 Å². The Morgan fingerprint density at radius 3 is 2.55 bits per heavy atom. The Hall–Kier alpha value is -3.15. The maximum atomic E-state index is 12.4. The molecular formula is C24H17Cl2NO4. The Labute approximate surface area is 188 Å². The quantitative estimate of drug-likeness (QED) is 0.349. The fraction of sp³-hybridized carbons (Fsp3) is 0.125. The van der Waals surface area contributed by atoms with E-state index < -0.39 is 5.63 Å². The normalized spacial score (nSPS) is 13.1. The molecule has 1 aliphatic heterocycles. The third kappa shape index (κ3) is 3.60. The van der Waals surface area contributed by atoms with Crippen molar-refractivity contribution >= 4 is 39.9 Å². The number of hydrogen-bond acceptors (Lipinski definition) is 5. The van der Waals surface area contributed by atoms with Gasteiger partial charge < -0.3 is 18.8 Å². The van der Waals surface area contributed by atoms with E-state index in [-0.39, 0.29) is 0 Å². The summed E-state index contributed by atoms with van der Waals surface area (Å²) in [6, 6.07) is 18.2. The predicted molar refractivity (Wildman–Crippen MR) is 123 cm³/mol. The van der Waals surface area contributed by atoms with Crippen molar-refractivity contribution in [3.05, 3.63) is 86.7 Å². The van der Waals surface area contributed by atoms with Crippen LogP contribution in [-0.2, 0) is 6.54 Å². The van der Waals surface area contributed by atoms with Gasteiger partial charge in [0, 0.05) is 16.5 Å². The smallest absolute Gasteiger partial charge is 0.336 e. The number of nitrogens with zero attached hydrogens (tertiary/aromatic N) is 1. The van der Waals surface area contributed by atoms with E-state index in [2.05, 4.69) is 0 Å². The lowest BCUT2D eigenvalue weighted by Crippen LogP contribution is -2.32. The van der Waals surface area contributed by atoms with Crippen LogP contribution in [0, 0.1) is 0 Å². The summed E-state index contributed by atoms with van der Waals surface area (Å²) in [6.45, 7) is 0.797. The van der Waals surface area contributed by atoms with Crippen LogP contribution in [0.5, 0.6) is 11.5 Å². The van der Waals surface area contributed by atoms with Gasteiger partial charge in [0.25, 0.3) is 0 Å². The summed E-state index contributed by atoms with van der Waals surface area (Å²) in [5.41, 5.74) is 3.36. The predicted octanol–water partition coefficient (Wildman–Crippen LogP) is 6.13. The summed E-state index contributed by atoms with van der Waals surface area (Å²) >= 11 is 12.4. The molecule has 0 spiro atoms. The van der Waals surface area contributed by atoms with Gasteiger partial charge in [-0.25, -0.2) is 4.79 Å². The first kappa shape index (κ1) is 19.8. The van der Waals surface area contributed by atoms with Gasteiger partial charge in [0.05, 0.1) is 29.9 Å². The minimum absolute atomic E-state index is 0.322. The first-order valence-corrected chi connectivity index (χ1v) is 10.4. The van der Waals surface area contributed by atoms with Gasteiger partial charge in [-0.05, 0) is 53.6 Å². The van der Waals surface area contributed by atoms with E-state index in [0.29, 0.717) is 34.7 Å². The first-order valence-electron chi connectivity index (χ1n) is 9.60. The second-order valence-electron chi connectivity index (χ2n) is 7.19. The van der Waals surface area contributed by atoms with Crippen LogP contribution in [0.1, 0.15) is 5.56 Å². The van der Waals surface area contributed by atoms with Gasteiger partial charge in [0.15, 0.2) is 6.73 Å². The molecule has 5 rings (SSSR count). The second-order valence-corrected chi connectivity index (χ2v) is 8.04. The molecule has 0 unspecified atom stereocenters. The number of methoxy groups -OCH3 is 1. The Kier molecular flexibility index (Phi) is 5.00. The molecule has 0 fully saturated rings. The molecule has 2 heterocycles. The zero-order chi connectivity index (χ0) is 21.5. The number of rotatable bonds is 3. The van der Waals surface area contributed by atoms with Crippen LogP contribution in [-0.4, -0.2) is 13.8 Å². The van der Waals surface area contributed by atoms with Gasteiger partial charge in [-0.3, -0.25) is 0 Å². The molecule has 0 bridgehead atoms. The third-order valence-corrected chi connectivity index (χ3v) is 5.89. The Balaban J connectivity index is 1.63. The molecule has 31 heavy (non-hydrogen) atoms. The van der Waals surface area contributed by atoms with Gasteiger partial charge in [-0.2, -0.15) is 0 Å². The van der Waals surface area contributed by atoms with Crippen molar-refractivity contribution in [3.63, 3.8) is 0 Å². The molecule has 0 saturated heterocycles. The van der Waals surface area contributed by atoms with Gasteiger partial charge in [0.1, 0.15) is 17.1 Å². The SMILES string of the molecule is COc1ccc(-c2cc(=O)oc3c4c(ccc23)OCN(c2ccc(Cl)cc2Cl)C4)cc1. The number of fused-ring (bicyclic) bond motifs is 3. The van der Waals surface area contributed by atoms with Gasteiger partial charge in [0.2, 0.25) is 0 Å². The van der Waals surface area contributed by atoms with E-state index in [1.807, 2.05) is 47.4 Å². The number of benzene rings is 3. The van der Waals surface area contributed by atoms with Crippen molar-refractivity contribution in [2.24, 2.45) is 0 Å². The number of ether oxygens (including phenoxy) is 2. The average Bonchev–Trinajstić information content (AvgIpc) is 2.78. The lowest BCUT2D eigenvalue weighted by molar-refractivity contribution is 0.289. The maximum Gasteiger partial charge on any atom is 0.336 e. The van der Waals surface area contributed by atoms with Crippen molar-refractivity contribution in [1.82, 2.24) is 0 Å². The topological polar surface area (TPSA) is 51.9 Å². The van der Waals surface area contributed by atoms with E-state index >= 15 is 0 Å². The van der Waals surface area contributed by atoms with E-state index in [0.717, 1.165) is 33.5 Å². The lowest BCUT2D eigenvalue weighted by atomic mass is 9.99. The second kappa shape index (κ2) is 7.84. The Morgan fingerprint density at radius 2 is 1.81 bits per heavy atom. The summed E-state index contributed by atoms with van der Waals surface area (Å²) < 4.78 is 16.9. The highest BCUT2D eigenvalue weighted by Crippen LogP contribution is 2.39. The maximum absolute atomic E-state index is 12.4. The van der Waals surface area contributed by atoms with Crippen LogP contribution in [0.15, 0.2) is 69.9 Å². The number of halogens is 2. The molecule has 1 aliphatic rings. The molecule has 0 radical (unpaired) electrons. The largest absolute Gasteiger partial charge is 0.497 e. The minimum atomic E-state index is -0.423. The molecule has 3 aromatic carbocycles. The average molecular weight is 454 g/mol. The Bertz CT molecular complexity index is 1350. The molecule has 0 aliphatic carbocycles. The van der Waals surface area contributed by atoms with Gasteiger partial charge in [-0.1, -0.05) is 35.3 Å². The summed E-state index contributed by atoms with van der Waals surface area (Å²) in [5, 5.41) is 1.92. The van der Waals surface area contributed by atoms with Crippen LogP contribution in [0.2, 0.25) is 10.0 Å². The Morgan fingerprint density at radius 1 is 1.00 bits per heavy atom. The number of anilines is 1. The standard InChI is InChI=1S/C24H17Cl2NO4/c1-29-16-5-2-14(3-6-16)18-11-23(28)31-24-17(18)7-9-22-19(24)12-27(13-30-22)21-8-4-15(25)10-20(21)26/h2-11H,12-13H2,1H3. The lowest BCUT2D eigenvalue weighted by Gasteiger charge is -2.31. The van der Waals surface area contributed by atoms with Crippen molar-refractivity contribution < 1.29 is 13.9 Å². The van der Waals surface area contributed by atoms with E-state index in [4.69, 9.17) is 37.1 Å². The summed E-state index contributed by atoms with van der Waals surface area (Å²) in [6.07, 6.45) is 0. The van der Waals surface area contributed by atoms with Crippen molar-refractivity contribution in [2.45, 2.75) is 6.54 Å². The monoisotopic (exact) mass is 453 g/mol. The van der Waals surface area contributed by atoms with Gasteiger partial charge >= 0.3 is 5.63 Å². The molecule has 5 nitrogen and oxygen atoms in total. The van der Waals surface area contributed by atoms with Crippen molar-refractivity contribution in [1.29, 1.82) is 0 Å². The zero-order valence-electron chi connectivity index (χ0n) is 16.5. The molecule has 0 amide bonds. The first-order chi connectivity index (χ1) is 15.0. The van der Waals surface area contributed by atoms with Gasteiger partial charge in [-0.15, -0.1) is 0 Å². The van der Waals surface area contributed by atoms with Crippen LogP contribution in [0.25, 0.3) is 22.1 Å². The van der Waals surface area contributed by atoms with E-state index in [1.165, 1.54) is 6.07 Å². The molecule has 0 saturated carbocycles. The highest BCUT2D eigenvalue weighted by atomic mass is 35.5. The number of hydrogen-bond donors (Lipinski definition) is 0. The van der Waals surface area contributed by atoms with Crippen LogP contribution in [0.3, 0.4) is 0 Å². The molecular weight excluding hydrogens is 437 g/mol. The molecule has 4 aromatic rings. The molecule has 156 valence electrons. The molecule has 7 heteroatoms. The fourth-order valence-electron chi connectivity index (χ4n) is 3.83. The van der Waals surface area contributed by atoms with Crippen LogP contribution in [0.4, 0.5) is 5.69 Å². The highest BCUT2D eigenvalue weighted by molar-refractivity contribution is 6.36. The van der Waals surface area contributed by atoms with Crippen molar-refractivity contribution in [3.8, 4) is 22.6 Å². The summed E-state index contributed by atoms with van der Waals surface area (Å²) in [4.78, 5) is 14.4. The van der Waals surface area contributed by atoms with Crippen LogP contribution < -0.4 is 20.0 Å². The van der Waals surface area contributed by atoms with E-state index in [1.54, 1.807) is 19.2 Å². The minimum Gasteiger partial charge on any atom is -0.497 e. The zero-order valence-corrected chi connectivity index (χ0v) is 18.0. The summed E-state index contributed by atoms with van der Waals surface area (Å²) in [5.74, 6) is 1.43. The highest BCUT2D eigenvalue weighted by Gasteiger charge is 2.24. The fourth-order valence-corrected chi connectivity index (χ4v) is 4.36. The van der Waals surface area contributed by atoms with E-state index in [9.17, 15) is 4.79 Å². The molecule has 1 aromatic heterocycles. The molecule has 0 N–H and O–H groups in total. The van der Waals surface area contributed by atoms with Crippen molar-refractivity contribution in [2.75, 3.05) is 18.7 Å². The molecule has 0 atom stereocenters.